The van der Waals surface area contributed by atoms with E-state index in [0.717, 1.165) is 17.5 Å². The van der Waals surface area contributed by atoms with Gasteiger partial charge in [0.25, 0.3) is 0 Å². The molecule has 1 fully saturated rings. The Labute approximate surface area is 127 Å². The summed E-state index contributed by atoms with van der Waals surface area (Å²) in [5.41, 5.74) is 1.23. The van der Waals surface area contributed by atoms with Crippen molar-refractivity contribution in [1.29, 1.82) is 0 Å². The summed E-state index contributed by atoms with van der Waals surface area (Å²) in [6.45, 7) is 5.73. The summed E-state index contributed by atoms with van der Waals surface area (Å²) < 4.78 is 0. The SMILES string of the molecule is CC(c1ccccc1Cl)N(C)CC1CCNCC1.Cl. The van der Waals surface area contributed by atoms with Crippen LogP contribution in [-0.2, 0) is 0 Å². The van der Waals surface area contributed by atoms with E-state index >= 15 is 0 Å². The van der Waals surface area contributed by atoms with Gasteiger partial charge in [0.05, 0.1) is 0 Å². The molecule has 1 aromatic carbocycles. The Morgan fingerprint density at radius 2 is 1.95 bits per heavy atom. The molecule has 108 valence electrons. The molecule has 1 aromatic rings. The average molecular weight is 303 g/mol. The second-order valence-electron chi connectivity index (χ2n) is 5.33. The minimum atomic E-state index is 0. The van der Waals surface area contributed by atoms with Crippen LogP contribution < -0.4 is 5.32 Å². The van der Waals surface area contributed by atoms with Crippen molar-refractivity contribution in [3.63, 3.8) is 0 Å². The fourth-order valence-corrected chi connectivity index (χ4v) is 2.97. The van der Waals surface area contributed by atoms with Gasteiger partial charge in [-0.3, -0.25) is 4.90 Å². The van der Waals surface area contributed by atoms with E-state index in [1.807, 2.05) is 12.1 Å². The van der Waals surface area contributed by atoms with Crippen LogP contribution in [0.2, 0.25) is 5.02 Å². The first-order valence-corrected chi connectivity index (χ1v) is 7.21. The lowest BCUT2D eigenvalue weighted by molar-refractivity contribution is 0.197. The molecule has 0 aromatic heterocycles. The Morgan fingerprint density at radius 1 is 1.32 bits per heavy atom. The van der Waals surface area contributed by atoms with E-state index in [1.165, 1.54) is 31.5 Å². The number of benzene rings is 1. The number of piperidine rings is 1. The molecule has 4 heteroatoms. The summed E-state index contributed by atoms with van der Waals surface area (Å²) >= 11 is 6.27. The first-order chi connectivity index (χ1) is 8.68. The average Bonchev–Trinajstić information content (AvgIpc) is 2.39. The standard InChI is InChI=1S/C15H23ClN2.ClH/c1-12(14-5-3-4-6-15(14)16)18(2)11-13-7-9-17-10-8-13;/h3-6,12-13,17H,7-11H2,1-2H3;1H. The second-order valence-corrected chi connectivity index (χ2v) is 5.74. The van der Waals surface area contributed by atoms with E-state index in [2.05, 4.69) is 36.3 Å². The summed E-state index contributed by atoms with van der Waals surface area (Å²) in [5, 5.41) is 4.30. The topological polar surface area (TPSA) is 15.3 Å². The van der Waals surface area contributed by atoms with E-state index in [-0.39, 0.29) is 12.4 Å². The van der Waals surface area contributed by atoms with Crippen LogP contribution in [-0.4, -0.2) is 31.6 Å². The van der Waals surface area contributed by atoms with E-state index in [9.17, 15) is 0 Å². The zero-order valence-corrected chi connectivity index (χ0v) is 13.3. The Morgan fingerprint density at radius 3 is 2.58 bits per heavy atom. The molecular formula is C15H24Cl2N2. The van der Waals surface area contributed by atoms with Crippen molar-refractivity contribution in [2.45, 2.75) is 25.8 Å². The molecule has 19 heavy (non-hydrogen) atoms. The van der Waals surface area contributed by atoms with Gasteiger partial charge < -0.3 is 5.32 Å². The molecule has 1 aliphatic heterocycles. The van der Waals surface area contributed by atoms with Crippen LogP contribution in [0.4, 0.5) is 0 Å². The van der Waals surface area contributed by atoms with Gasteiger partial charge in [0.1, 0.15) is 0 Å². The molecule has 0 bridgehead atoms. The van der Waals surface area contributed by atoms with Gasteiger partial charge in [0.15, 0.2) is 0 Å². The maximum Gasteiger partial charge on any atom is 0.0453 e. The Kier molecular flexibility index (Phi) is 7.16. The van der Waals surface area contributed by atoms with Crippen molar-refractivity contribution < 1.29 is 0 Å². The lowest BCUT2D eigenvalue weighted by Gasteiger charge is -2.31. The maximum atomic E-state index is 6.27. The van der Waals surface area contributed by atoms with Gasteiger partial charge >= 0.3 is 0 Å². The first-order valence-electron chi connectivity index (χ1n) is 6.84. The number of hydrogen-bond donors (Lipinski definition) is 1. The van der Waals surface area contributed by atoms with E-state index in [0.29, 0.717) is 6.04 Å². The maximum absolute atomic E-state index is 6.27. The van der Waals surface area contributed by atoms with Gasteiger partial charge in [0.2, 0.25) is 0 Å². The minimum absolute atomic E-state index is 0. The number of nitrogens with one attached hydrogen (secondary N) is 1. The van der Waals surface area contributed by atoms with Crippen molar-refractivity contribution in [3.8, 4) is 0 Å². The third-order valence-electron chi connectivity index (χ3n) is 4.02. The highest BCUT2D eigenvalue weighted by Crippen LogP contribution is 2.27. The predicted octanol–water partition coefficient (Wildman–Crippen LogP) is 3.75. The molecule has 0 amide bonds. The summed E-state index contributed by atoms with van der Waals surface area (Å²) in [7, 11) is 2.20. The zero-order chi connectivity index (χ0) is 13.0. The predicted molar refractivity (Wildman–Crippen MR) is 85.3 cm³/mol. The monoisotopic (exact) mass is 302 g/mol. The quantitative estimate of drug-likeness (QED) is 0.911. The molecule has 1 aliphatic rings. The largest absolute Gasteiger partial charge is 0.317 e. The Balaban J connectivity index is 0.00000180. The van der Waals surface area contributed by atoms with Gasteiger partial charge in [-0.25, -0.2) is 0 Å². The van der Waals surface area contributed by atoms with E-state index in [4.69, 9.17) is 11.6 Å². The minimum Gasteiger partial charge on any atom is -0.317 e. The molecule has 1 atom stereocenters. The van der Waals surface area contributed by atoms with Crippen molar-refractivity contribution in [3.05, 3.63) is 34.9 Å². The summed E-state index contributed by atoms with van der Waals surface area (Å²) in [5.74, 6) is 0.821. The normalized spacial score (nSPS) is 18.1. The number of nitrogens with zero attached hydrogens (tertiary/aromatic N) is 1. The lowest BCUT2D eigenvalue weighted by Crippen LogP contribution is -2.35. The van der Waals surface area contributed by atoms with Gasteiger partial charge in [-0.1, -0.05) is 29.8 Å². The van der Waals surface area contributed by atoms with Crippen molar-refractivity contribution >= 4 is 24.0 Å². The Hall–Kier alpha value is -0.280. The highest BCUT2D eigenvalue weighted by Gasteiger charge is 2.19. The molecule has 2 rings (SSSR count). The molecule has 0 aliphatic carbocycles. The molecule has 0 radical (unpaired) electrons. The molecule has 1 heterocycles. The number of halogens is 2. The molecule has 1 N–H and O–H groups in total. The van der Waals surface area contributed by atoms with Gasteiger partial charge in [-0.15, -0.1) is 12.4 Å². The third kappa shape index (κ3) is 4.64. The number of rotatable bonds is 4. The van der Waals surface area contributed by atoms with Crippen molar-refractivity contribution in [1.82, 2.24) is 10.2 Å². The summed E-state index contributed by atoms with van der Waals surface area (Å²) in [4.78, 5) is 2.43. The molecule has 1 unspecified atom stereocenters. The van der Waals surface area contributed by atoms with Crippen LogP contribution in [0.1, 0.15) is 31.4 Å². The van der Waals surface area contributed by atoms with E-state index in [1.54, 1.807) is 0 Å². The highest BCUT2D eigenvalue weighted by atomic mass is 35.5. The summed E-state index contributed by atoms with van der Waals surface area (Å²) in [6, 6.07) is 8.55. The lowest BCUT2D eigenvalue weighted by atomic mass is 9.96. The Bertz CT molecular complexity index is 378. The van der Waals surface area contributed by atoms with Crippen LogP contribution in [0.5, 0.6) is 0 Å². The van der Waals surface area contributed by atoms with Crippen LogP contribution in [0.25, 0.3) is 0 Å². The third-order valence-corrected chi connectivity index (χ3v) is 4.37. The van der Waals surface area contributed by atoms with Crippen LogP contribution in [0, 0.1) is 5.92 Å². The van der Waals surface area contributed by atoms with Crippen molar-refractivity contribution in [2.24, 2.45) is 5.92 Å². The zero-order valence-electron chi connectivity index (χ0n) is 11.7. The molecule has 2 nitrogen and oxygen atoms in total. The van der Waals surface area contributed by atoms with Crippen molar-refractivity contribution in [2.75, 3.05) is 26.7 Å². The van der Waals surface area contributed by atoms with E-state index < -0.39 is 0 Å². The van der Waals surface area contributed by atoms with Gasteiger partial charge in [-0.05, 0) is 57.5 Å². The molecule has 0 saturated carbocycles. The molecule has 0 spiro atoms. The molecule has 1 saturated heterocycles. The smallest absolute Gasteiger partial charge is 0.0453 e. The fraction of sp³-hybridized carbons (Fsp3) is 0.600. The van der Waals surface area contributed by atoms with Crippen LogP contribution in [0.15, 0.2) is 24.3 Å². The molecular weight excluding hydrogens is 279 g/mol. The fourth-order valence-electron chi connectivity index (χ4n) is 2.68. The van der Waals surface area contributed by atoms with Crippen LogP contribution >= 0.6 is 24.0 Å². The van der Waals surface area contributed by atoms with Gasteiger partial charge in [-0.2, -0.15) is 0 Å². The first kappa shape index (κ1) is 16.8. The summed E-state index contributed by atoms with van der Waals surface area (Å²) in [6.07, 6.45) is 2.58. The van der Waals surface area contributed by atoms with Gasteiger partial charge in [0, 0.05) is 17.6 Å². The second kappa shape index (κ2) is 8.11. The number of hydrogen-bond acceptors (Lipinski definition) is 2. The van der Waals surface area contributed by atoms with Crippen LogP contribution in [0.3, 0.4) is 0 Å². The highest BCUT2D eigenvalue weighted by molar-refractivity contribution is 6.31.